The minimum atomic E-state index is 0.448. The van der Waals surface area contributed by atoms with Gasteiger partial charge in [-0.05, 0) is 37.7 Å². The van der Waals surface area contributed by atoms with Gasteiger partial charge in [-0.25, -0.2) is 4.79 Å². The highest BCUT2D eigenvalue weighted by atomic mass is 16.5. The Labute approximate surface area is 115 Å². The van der Waals surface area contributed by atoms with E-state index >= 15 is 0 Å². The molecule has 1 radical (unpaired) electrons. The maximum absolute atomic E-state index is 9.76. The van der Waals surface area contributed by atoms with Crippen molar-refractivity contribution in [2.24, 2.45) is 0 Å². The first-order chi connectivity index (χ1) is 9.43. The molecule has 0 saturated heterocycles. The Morgan fingerprint density at radius 2 is 1.53 bits per heavy atom. The van der Waals surface area contributed by atoms with Gasteiger partial charge in [-0.3, -0.25) is 0 Å². The molecule has 1 aromatic rings. The van der Waals surface area contributed by atoms with Gasteiger partial charge in [0.15, 0.2) is 0 Å². The second kappa shape index (κ2) is 11.7. The number of unbranched alkanes of at least 4 members (excludes halogenated alkanes) is 3. The van der Waals surface area contributed by atoms with Crippen LogP contribution in [0, 0.1) is 0 Å². The number of benzene rings is 1. The molecule has 105 valence electrons. The molecule has 0 heterocycles. The van der Waals surface area contributed by atoms with Crippen LogP contribution in [0.25, 0.3) is 0 Å². The quantitative estimate of drug-likeness (QED) is 0.543. The predicted molar refractivity (Wildman–Crippen MR) is 75.7 cm³/mol. The van der Waals surface area contributed by atoms with Crippen LogP contribution in [0.4, 0.5) is 0 Å². The number of aryl methyl sites for hydroxylation is 1. The molecule has 0 fully saturated rings. The molecule has 0 aliphatic carbocycles. The fourth-order valence-electron chi connectivity index (χ4n) is 1.88. The number of carbonyl (C=O) groups excluding carboxylic acids is 1. The van der Waals surface area contributed by atoms with Crippen molar-refractivity contribution in [2.75, 3.05) is 19.8 Å². The molecule has 0 amide bonds. The van der Waals surface area contributed by atoms with Gasteiger partial charge in [0.25, 0.3) is 0 Å². The van der Waals surface area contributed by atoms with E-state index in [0.717, 1.165) is 38.9 Å². The van der Waals surface area contributed by atoms with Crippen LogP contribution < -0.4 is 0 Å². The van der Waals surface area contributed by atoms with Crippen LogP contribution in [0.2, 0.25) is 0 Å². The molecular formula is C16H23O3. The molecule has 3 heteroatoms. The third-order valence-electron chi connectivity index (χ3n) is 2.94. The number of ether oxygens (including phenoxy) is 2. The predicted octanol–water partition coefficient (Wildman–Crippen LogP) is 3.28. The van der Waals surface area contributed by atoms with E-state index < -0.39 is 0 Å². The second-order valence-corrected chi connectivity index (χ2v) is 4.55. The maximum atomic E-state index is 9.76. The normalized spacial score (nSPS) is 10.3. The van der Waals surface area contributed by atoms with Crippen molar-refractivity contribution in [2.45, 2.75) is 38.5 Å². The standard InChI is InChI=1S/C16H23O3/c17-15-19-14-8-7-13-18-12-6-2-5-11-16-9-3-1-4-10-16/h1,3-4,9-10H,2,5-8,11-14H2. The van der Waals surface area contributed by atoms with Gasteiger partial charge in [-0.15, -0.1) is 0 Å². The van der Waals surface area contributed by atoms with Gasteiger partial charge in [-0.1, -0.05) is 36.8 Å². The summed E-state index contributed by atoms with van der Waals surface area (Å²) < 4.78 is 9.99. The van der Waals surface area contributed by atoms with E-state index in [4.69, 9.17) is 4.74 Å². The van der Waals surface area contributed by atoms with E-state index in [2.05, 4.69) is 35.1 Å². The maximum Gasteiger partial charge on any atom is 0.417 e. The Morgan fingerprint density at radius 1 is 0.842 bits per heavy atom. The van der Waals surface area contributed by atoms with Crippen molar-refractivity contribution in [1.82, 2.24) is 0 Å². The molecule has 1 aromatic carbocycles. The van der Waals surface area contributed by atoms with Crippen molar-refractivity contribution in [3.63, 3.8) is 0 Å². The lowest BCUT2D eigenvalue weighted by atomic mass is 10.1. The van der Waals surface area contributed by atoms with Gasteiger partial charge in [0, 0.05) is 13.2 Å². The first-order valence-electron chi connectivity index (χ1n) is 7.04. The summed E-state index contributed by atoms with van der Waals surface area (Å²) in [5.41, 5.74) is 1.41. The summed E-state index contributed by atoms with van der Waals surface area (Å²) in [5, 5.41) is 0. The van der Waals surface area contributed by atoms with E-state index in [-0.39, 0.29) is 0 Å². The van der Waals surface area contributed by atoms with Crippen LogP contribution in [0.3, 0.4) is 0 Å². The topological polar surface area (TPSA) is 35.5 Å². The lowest BCUT2D eigenvalue weighted by Crippen LogP contribution is -2.00. The summed E-state index contributed by atoms with van der Waals surface area (Å²) in [4.78, 5) is 9.76. The van der Waals surface area contributed by atoms with Crippen LogP contribution in [0.15, 0.2) is 30.3 Å². The zero-order chi connectivity index (χ0) is 13.6. The Hall–Kier alpha value is -1.35. The highest BCUT2D eigenvalue weighted by Gasteiger charge is 1.94. The Morgan fingerprint density at radius 3 is 2.26 bits per heavy atom. The van der Waals surface area contributed by atoms with E-state index in [1.165, 1.54) is 24.9 Å². The van der Waals surface area contributed by atoms with Crippen molar-refractivity contribution < 1.29 is 14.3 Å². The summed E-state index contributed by atoms with van der Waals surface area (Å²) in [6.07, 6.45) is 6.48. The van der Waals surface area contributed by atoms with Crippen molar-refractivity contribution >= 4 is 6.47 Å². The van der Waals surface area contributed by atoms with Crippen molar-refractivity contribution in [3.8, 4) is 0 Å². The molecule has 0 spiro atoms. The van der Waals surface area contributed by atoms with Crippen LogP contribution in [0.1, 0.15) is 37.7 Å². The average Bonchev–Trinajstić information content (AvgIpc) is 2.46. The third kappa shape index (κ3) is 9.25. The molecule has 3 nitrogen and oxygen atoms in total. The Balaban J connectivity index is 1.80. The van der Waals surface area contributed by atoms with Gasteiger partial charge in [0.1, 0.15) is 0 Å². The number of rotatable bonds is 12. The SMILES string of the molecule is O=[C]OCCCCOCCCCCc1ccccc1. The minimum Gasteiger partial charge on any atom is -0.457 e. The van der Waals surface area contributed by atoms with Gasteiger partial charge in [0.2, 0.25) is 0 Å². The molecule has 0 atom stereocenters. The molecule has 0 unspecified atom stereocenters. The molecule has 19 heavy (non-hydrogen) atoms. The summed E-state index contributed by atoms with van der Waals surface area (Å²) in [6, 6.07) is 10.6. The van der Waals surface area contributed by atoms with E-state index in [9.17, 15) is 4.79 Å². The minimum absolute atomic E-state index is 0.448. The molecule has 0 aliphatic rings. The fraction of sp³-hybridized carbons (Fsp3) is 0.562. The fourth-order valence-corrected chi connectivity index (χ4v) is 1.88. The third-order valence-corrected chi connectivity index (χ3v) is 2.94. The van der Waals surface area contributed by atoms with E-state index in [1.54, 1.807) is 0 Å². The second-order valence-electron chi connectivity index (χ2n) is 4.55. The largest absolute Gasteiger partial charge is 0.457 e. The Bertz CT molecular complexity index is 311. The van der Waals surface area contributed by atoms with Gasteiger partial charge in [0.05, 0.1) is 6.61 Å². The zero-order valence-electron chi connectivity index (χ0n) is 11.5. The molecule has 0 bridgehead atoms. The first-order valence-corrected chi connectivity index (χ1v) is 7.04. The number of hydrogen-bond donors (Lipinski definition) is 0. The van der Waals surface area contributed by atoms with Crippen LogP contribution in [0.5, 0.6) is 0 Å². The Kier molecular flexibility index (Phi) is 9.69. The van der Waals surface area contributed by atoms with Crippen molar-refractivity contribution in [1.29, 1.82) is 0 Å². The summed E-state index contributed by atoms with van der Waals surface area (Å²) >= 11 is 0. The first kappa shape index (κ1) is 15.7. The van der Waals surface area contributed by atoms with Crippen LogP contribution >= 0.6 is 0 Å². The zero-order valence-corrected chi connectivity index (χ0v) is 11.5. The van der Waals surface area contributed by atoms with Gasteiger partial charge < -0.3 is 9.47 Å². The monoisotopic (exact) mass is 263 g/mol. The molecule has 0 aliphatic heterocycles. The molecule has 0 N–H and O–H groups in total. The van der Waals surface area contributed by atoms with E-state index in [0.29, 0.717) is 6.61 Å². The highest BCUT2D eigenvalue weighted by molar-refractivity contribution is 5.37. The summed E-state index contributed by atoms with van der Waals surface area (Å²) in [7, 11) is 0. The average molecular weight is 263 g/mol. The van der Waals surface area contributed by atoms with Crippen molar-refractivity contribution in [3.05, 3.63) is 35.9 Å². The molecule has 1 rings (SSSR count). The van der Waals surface area contributed by atoms with Gasteiger partial charge in [-0.2, -0.15) is 0 Å². The summed E-state index contributed by atoms with van der Waals surface area (Å²) in [6.45, 7) is 3.44. The van der Waals surface area contributed by atoms with Crippen LogP contribution in [-0.4, -0.2) is 26.3 Å². The van der Waals surface area contributed by atoms with Crippen LogP contribution in [-0.2, 0) is 20.7 Å². The summed E-state index contributed by atoms with van der Waals surface area (Å²) in [5.74, 6) is 0. The smallest absolute Gasteiger partial charge is 0.417 e. The number of hydrogen-bond acceptors (Lipinski definition) is 3. The van der Waals surface area contributed by atoms with Gasteiger partial charge >= 0.3 is 6.47 Å². The highest BCUT2D eigenvalue weighted by Crippen LogP contribution is 2.06. The lowest BCUT2D eigenvalue weighted by Gasteiger charge is -2.04. The molecular weight excluding hydrogens is 240 g/mol. The molecule has 0 saturated carbocycles. The lowest BCUT2D eigenvalue weighted by molar-refractivity contribution is 0.121. The molecule has 0 aromatic heterocycles. The van der Waals surface area contributed by atoms with E-state index in [1.807, 2.05) is 0 Å².